The van der Waals surface area contributed by atoms with Crippen molar-refractivity contribution in [2.45, 2.75) is 19.5 Å². The van der Waals surface area contributed by atoms with Crippen molar-refractivity contribution in [3.63, 3.8) is 0 Å². The minimum Gasteiger partial charge on any atom is -0.329 e. The lowest BCUT2D eigenvalue weighted by Gasteiger charge is -2.29. The fraction of sp³-hybridized carbons (Fsp3) is 0.263. The largest absolute Gasteiger partial charge is 0.329 e. The first-order valence-corrected chi connectivity index (χ1v) is 8.44. The van der Waals surface area contributed by atoms with Crippen LogP contribution in [0.2, 0.25) is 0 Å². The Labute approximate surface area is 146 Å². The molecule has 0 aliphatic rings. The number of hydrogen-bond acceptors (Lipinski definition) is 2. The number of alkyl halides is 1. The Hall–Kier alpha value is -2.33. The van der Waals surface area contributed by atoms with Crippen LogP contribution in [0.1, 0.15) is 24.2 Å². The zero-order valence-electron chi connectivity index (χ0n) is 13.8. The summed E-state index contributed by atoms with van der Waals surface area (Å²) < 4.78 is 1.79. The Morgan fingerprint density at radius 2 is 1.96 bits per heavy atom. The average Bonchev–Trinajstić information content (AvgIpc) is 3.04. The molecule has 0 saturated heterocycles. The van der Waals surface area contributed by atoms with Gasteiger partial charge in [0.2, 0.25) is 5.91 Å². The first-order chi connectivity index (χ1) is 11.6. The first-order valence-electron chi connectivity index (χ1n) is 7.91. The molecule has 0 N–H and O–H groups in total. The number of nitrogens with zero attached hydrogens (tertiary/aromatic N) is 3. The molecule has 3 rings (SSSR count). The lowest BCUT2D eigenvalue weighted by molar-refractivity contribution is -0.131. The molecule has 1 amide bonds. The lowest BCUT2D eigenvalue weighted by atomic mass is 10.1. The highest BCUT2D eigenvalue weighted by molar-refractivity contribution is 6.27. The van der Waals surface area contributed by atoms with Gasteiger partial charge >= 0.3 is 0 Å². The summed E-state index contributed by atoms with van der Waals surface area (Å²) in [6, 6.07) is 16.3. The summed E-state index contributed by atoms with van der Waals surface area (Å²) in [5.74, 6) is -0.117. The molecule has 0 fully saturated rings. The molecule has 0 bridgehead atoms. The van der Waals surface area contributed by atoms with Gasteiger partial charge in [0, 0.05) is 19.8 Å². The van der Waals surface area contributed by atoms with Crippen LogP contribution in [0.15, 0.2) is 54.7 Å². The van der Waals surface area contributed by atoms with Crippen molar-refractivity contribution in [1.82, 2.24) is 14.7 Å². The monoisotopic (exact) mass is 341 g/mol. The number of hydrogen-bond donors (Lipinski definition) is 0. The van der Waals surface area contributed by atoms with E-state index in [2.05, 4.69) is 35.4 Å². The number of carbonyl (C=O) groups excluding carboxylic acids is 1. The van der Waals surface area contributed by atoms with Crippen molar-refractivity contribution in [1.29, 1.82) is 0 Å². The van der Waals surface area contributed by atoms with E-state index >= 15 is 0 Å². The van der Waals surface area contributed by atoms with Crippen molar-refractivity contribution in [2.24, 2.45) is 7.05 Å². The van der Waals surface area contributed by atoms with Crippen LogP contribution in [-0.4, -0.2) is 26.5 Å². The third kappa shape index (κ3) is 3.29. The van der Waals surface area contributed by atoms with E-state index in [0.717, 1.165) is 11.3 Å². The highest BCUT2D eigenvalue weighted by Crippen LogP contribution is 2.24. The fourth-order valence-electron chi connectivity index (χ4n) is 3.01. The van der Waals surface area contributed by atoms with Crippen LogP contribution in [0, 0.1) is 0 Å². The van der Waals surface area contributed by atoms with Gasteiger partial charge in [-0.15, -0.1) is 11.6 Å². The van der Waals surface area contributed by atoms with Crippen molar-refractivity contribution < 1.29 is 4.79 Å². The first kappa shape index (κ1) is 16.5. The molecule has 0 radical (unpaired) electrons. The van der Waals surface area contributed by atoms with Gasteiger partial charge in [-0.25, -0.2) is 0 Å². The quantitative estimate of drug-likeness (QED) is 0.660. The second-order valence-electron chi connectivity index (χ2n) is 5.89. The fourth-order valence-corrected chi connectivity index (χ4v) is 3.16. The summed E-state index contributed by atoms with van der Waals surface area (Å²) in [5, 5.41) is 6.56. The van der Waals surface area contributed by atoms with Crippen molar-refractivity contribution in [3.05, 3.63) is 66.0 Å². The van der Waals surface area contributed by atoms with Crippen LogP contribution < -0.4 is 0 Å². The van der Waals surface area contributed by atoms with Crippen molar-refractivity contribution >= 4 is 28.3 Å². The maximum Gasteiger partial charge on any atom is 0.238 e. The van der Waals surface area contributed by atoms with Crippen LogP contribution in [0.25, 0.3) is 10.8 Å². The predicted molar refractivity (Wildman–Crippen MR) is 96.8 cm³/mol. The molecule has 5 heteroatoms. The van der Waals surface area contributed by atoms with Gasteiger partial charge in [0.1, 0.15) is 5.88 Å². The third-order valence-corrected chi connectivity index (χ3v) is 4.58. The van der Waals surface area contributed by atoms with E-state index < -0.39 is 0 Å². The summed E-state index contributed by atoms with van der Waals surface area (Å²) in [6.07, 6.45) is 1.74. The van der Waals surface area contributed by atoms with Crippen LogP contribution in [0.4, 0.5) is 0 Å². The molecule has 1 atom stereocenters. The lowest BCUT2D eigenvalue weighted by Crippen LogP contribution is -2.34. The Morgan fingerprint density at radius 3 is 2.62 bits per heavy atom. The van der Waals surface area contributed by atoms with E-state index in [9.17, 15) is 4.79 Å². The molecule has 1 aromatic heterocycles. The summed E-state index contributed by atoms with van der Waals surface area (Å²) in [4.78, 5) is 14.2. The molecule has 1 unspecified atom stereocenters. The molecule has 3 aromatic rings. The van der Waals surface area contributed by atoms with Crippen LogP contribution in [0.5, 0.6) is 0 Å². The van der Waals surface area contributed by atoms with Crippen LogP contribution in [0.3, 0.4) is 0 Å². The van der Waals surface area contributed by atoms with E-state index in [0.29, 0.717) is 6.54 Å². The van der Waals surface area contributed by atoms with Crippen molar-refractivity contribution in [2.75, 3.05) is 5.88 Å². The van der Waals surface area contributed by atoms with Gasteiger partial charge in [-0.3, -0.25) is 9.48 Å². The molecule has 124 valence electrons. The molecule has 0 aliphatic heterocycles. The van der Waals surface area contributed by atoms with Gasteiger partial charge < -0.3 is 4.90 Å². The normalized spacial score (nSPS) is 12.3. The van der Waals surface area contributed by atoms with Crippen LogP contribution >= 0.6 is 11.6 Å². The number of carbonyl (C=O) groups is 1. The Bertz CT molecular complexity index is 858. The van der Waals surface area contributed by atoms with Gasteiger partial charge in [0.05, 0.1) is 11.7 Å². The Balaban J connectivity index is 1.91. The van der Waals surface area contributed by atoms with E-state index in [1.807, 2.05) is 32.2 Å². The van der Waals surface area contributed by atoms with E-state index in [4.69, 9.17) is 11.6 Å². The topological polar surface area (TPSA) is 38.1 Å². The van der Waals surface area contributed by atoms with E-state index in [-0.39, 0.29) is 17.8 Å². The number of aryl methyl sites for hydroxylation is 1. The van der Waals surface area contributed by atoms with Crippen molar-refractivity contribution in [3.8, 4) is 0 Å². The number of benzene rings is 2. The maximum absolute atomic E-state index is 12.4. The van der Waals surface area contributed by atoms with Gasteiger partial charge in [-0.05, 0) is 35.4 Å². The molecule has 4 nitrogen and oxygen atoms in total. The molecular weight excluding hydrogens is 322 g/mol. The number of fused-ring (bicyclic) bond motifs is 1. The smallest absolute Gasteiger partial charge is 0.238 e. The Morgan fingerprint density at radius 1 is 1.21 bits per heavy atom. The minimum absolute atomic E-state index is 0.0320. The molecule has 0 saturated carbocycles. The van der Waals surface area contributed by atoms with Gasteiger partial charge in [-0.2, -0.15) is 5.10 Å². The number of amides is 1. The number of halogens is 1. The molecule has 0 spiro atoms. The summed E-state index contributed by atoms with van der Waals surface area (Å²) in [7, 11) is 1.88. The predicted octanol–water partition coefficient (Wildman–Crippen LogP) is 3.90. The van der Waals surface area contributed by atoms with E-state index in [1.54, 1.807) is 15.8 Å². The second kappa shape index (κ2) is 7.05. The minimum atomic E-state index is -0.102. The highest BCUT2D eigenvalue weighted by atomic mass is 35.5. The standard InChI is InChI=1S/C19H20ClN3O/c1-14(18-9-10-21-22(18)2)23(19(24)12-20)13-15-7-8-16-5-3-4-6-17(16)11-15/h3-11,14H,12-13H2,1-2H3. The van der Waals surface area contributed by atoms with Crippen LogP contribution in [-0.2, 0) is 18.4 Å². The zero-order valence-corrected chi connectivity index (χ0v) is 14.6. The second-order valence-corrected chi connectivity index (χ2v) is 6.16. The zero-order chi connectivity index (χ0) is 17.1. The number of rotatable bonds is 5. The summed E-state index contributed by atoms with van der Waals surface area (Å²) in [5.41, 5.74) is 2.07. The molecule has 2 aromatic carbocycles. The average molecular weight is 342 g/mol. The molecular formula is C19H20ClN3O. The van der Waals surface area contributed by atoms with Gasteiger partial charge in [0.25, 0.3) is 0 Å². The van der Waals surface area contributed by atoms with Gasteiger partial charge in [-0.1, -0.05) is 36.4 Å². The maximum atomic E-state index is 12.4. The Kier molecular flexibility index (Phi) is 4.86. The SMILES string of the molecule is CC(c1ccnn1C)N(Cc1ccc2ccccc2c1)C(=O)CCl. The van der Waals surface area contributed by atoms with E-state index in [1.165, 1.54) is 10.8 Å². The molecule has 1 heterocycles. The number of aromatic nitrogens is 2. The third-order valence-electron chi connectivity index (χ3n) is 4.36. The summed E-state index contributed by atoms with van der Waals surface area (Å²) >= 11 is 5.84. The van der Waals surface area contributed by atoms with Gasteiger partial charge in [0.15, 0.2) is 0 Å². The summed E-state index contributed by atoms with van der Waals surface area (Å²) in [6.45, 7) is 2.52. The molecule has 0 aliphatic carbocycles. The molecule has 24 heavy (non-hydrogen) atoms. The highest BCUT2D eigenvalue weighted by Gasteiger charge is 2.23.